The van der Waals surface area contributed by atoms with Gasteiger partial charge in [0.25, 0.3) is 0 Å². The zero-order valence-corrected chi connectivity index (χ0v) is 10.9. The summed E-state index contributed by atoms with van der Waals surface area (Å²) in [7, 11) is -0.698. The van der Waals surface area contributed by atoms with Crippen LogP contribution in [0.5, 0.6) is 0 Å². The predicted molar refractivity (Wildman–Crippen MR) is 69.7 cm³/mol. The van der Waals surface area contributed by atoms with Gasteiger partial charge in [-0.1, -0.05) is 0 Å². The Labute approximate surface area is 115 Å². The lowest BCUT2D eigenvalue weighted by molar-refractivity contribution is 0.00578. The fourth-order valence-electron chi connectivity index (χ4n) is 1.71. The van der Waals surface area contributed by atoms with E-state index in [2.05, 4.69) is 9.97 Å². The van der Waals surface area contributed by atoms with Crippen molar-refractivity contribution in [1.82, 2.24) is 9.97 Å². The van der Waals surface area contributed by atoms with Crippen molar-refractivity contribution in [2.75, 3.05) is 0 Å². The first-order valence-corrected chi connectivity index (χ1v) is 5.96. The van der Waals surface area contributed by atoms with Crippen molar-refractivity contribution in [3.63, 3.8) is 0 Å². The molecule has 2 heterocycles. The zero-order chi connectivity index (χ0) is 17.5. The molecule has 1 aromatic heterocycles. The first-order chi connectivity index (χ1) is 10.3. The van der Waals surface area contributed by atoms with E-state index in [1.807, 2.05) is 27.7 Å². The van der Waals surface area contributed by atoms with Gasteiger partial charge in [0.15, 0.2) is 0 Å². The average molecular weight is 251 g/mol. The van der Waals surface area contributed by atoms with Gasteiger partial charge in [-0.2, -0.15) is 0 Å². The van der Waals surface area contributed by atoms with Crippen LogP contribution in [-0.2, 0) is 9.31 Å². The van der Waals surface area contributed by atoms with Crippen LogP contribution in [0, 0.1) is 0 Å². The van der Waals surface area contributed by atoms with Crippen molar-refractivity contribution < 1.29 is 16.2 Å². The SMILES string of the molecule is [2H]C1([2H])C([2H])([2H])C1([2H])c1cnc(B2OC(C)(C)C(C)(C)O2)cn1. The smallest absolute Gasteiger partial charge is 0.398 e. The van der Waals surface area contributed by atoms with Gasteiger partial charge in [0.05, 0.1) is 22.5 Å². The van der Waals surface area contributed by atoms with Crippen LogP contribution in [0.2, 0.25) is 0 Å². The van der Waals surface area contributed by atoms with E-state index in [9.17, 15) is 0 Å². The standard InChI is InChI=1S/C13H19BN2O2/c1-12(2)13(3,4)18-14(17-12)11-8-15-10(7-16-11)9-5-6-9/h7-9H,5-6H2,1-4H3/i5D2,6D2,9D. The maximum atomic E-state index is 8.08. The van der Waals surface area contributed by atoms with Gasteiger partial charge in [-0.3, -0.25) is 9.97 Å². The molecule has 5 heteroatoms. The monoisotopic (exact) mass is 251 g/mol. The van der Waals surface area contributed by atoms with E-state index >= 15 is 0 Å². The molecule has 1 aliphatic carbocycles. The van der Waals surface area contributed by atoms with Gasteiger partial charge < -0.3 is 9.31 Å². The average Bonchev–Trinajstić information content (AvgIpc) is 2.63. The van der Waals surface area contributed by atoms with Crippen LogP contribution in [0.25, 0.3) is 0 Å². The van der Waals surface area contributed by atoms with Crippen LogP contribution >= 0.6 is 0 Å². The van der Waals surface area contributed by atoms with E-state index in [1.165, 1.54) is 12.4 Å². The van der Waals surface area contributed by atoms with E-state index in [-0.39, 0.29) is 5.69 Å². The molecule has 2 fully saturated rings. The first-order valence-electron chi connectivity index (χ1n) is 8.46. The fourth-order valence-corrected chi connectivity index (χ4v) is 1.71. The normalized spacial score (nSPS) is 36.9. The van der Waals surface area contributed by atoms with Crippen LogP contribution in [-0.4, -0.2) is 28.3 Å². The van der Waals surface area contributed by atoms with Crippen molar-refractivity contribution >= 4 is 12.7 Å². The maximum Gasteiger partial charge on any atom is 0.516 e. The lowest BCUT2D eigenvalue weighted by Gasteiger charge is -2.32. The van der Waals surface area contributed by atoms with Gasteiger partial charge in [0, 0.05) is 25.1 Å². The Balaban J connectivity index is 1.86. The van der Waals surface area contributed by atoms with Gasteiger partial charge in [0.2, 0.25) is 0 Å². The molecule has 1 aliphatic heterocycles. The summed E-state index contributed by atoms with van der Waals surface area (Å²) in [6.45, 7) is 7.67. The van der Waals surface area contributed by atoms with E-state index in [1.54, 1.807) is 0 Å². The predicted octanol–water partition coefficient (Wildman–Crippen LogP) is 1.65. The Kier molecular flexibility index (Phi) is 1.60. The maximum absolute atomic E-state index is 8.08. The summed E-state index contributed by atoms with van der Waals surface area (Å²) < 4.78 is 50.4. The quantitative estimate of drug-likeness (QED) is 0.750. The Morgan fingerprint density at radius 1 is 1.22 bits per heavy atom. The second kappa shape index (κ2) is 3.78. The second-order valence-corrected chi connectivity index (χ2v) is 5.54. The van der Waals surface area contributed by atoms with Crippen LogP contribution in [0.4, 0.5) is 0 Å². The minimum absolute atomic E-state index is 0.0345. The molecule has 0 unspecified atom stereocenters. The summed E-state index contributed by atoms with van der Waals surface area (Å²) in [5.41, 5.74) is -0.647. The topological polar surface area (TPSA) is 44.2 Å². The molecule has 0 atom stereocenters. The molecule has 0 aromatic carbocycles. The summed E-state index contributed by atoms with van der Waals surface area (Å²) in [6, 6.07) is 0. The molecular formula is C13H19BN2O2. The van der Waals surface area contributed by atoms with E-state index in [0.29, 0.717) is 5.59 Å². The van der Waals surface area contributed by atoms with Gasteiger partial charge >= 0.3 is 7.12 Å². The van der Waals surface area contributed by atoms with Crippen molar-refractivity contribution in [2.45, 2.75) is 57.5 Å². The highest BCUT2D eigenvalue weighted by atomic mass is 16.7. The molecule has 4 nitrogen and oxygen atoms in total. The van der Waals surface area contributed by atoms with Gasteiger partial charge in [-0.05, 0) is 40.4 Å². The Hall–Kier alpha value is -0.935. The number of rotatable bonds is 2. The molecule has 0 N–H and O–H groups in total. The minimum Gasteiger partial charge on any atom is -0.398 e. The lowest BCUT2D eigenvalue weighted by atomic mass is 9.85. The largest absolute Gasteiger partial charge is 0.516 e. The highest BCUT2D eigenvalue weighted by molar-refractivity contribution is 6.61. The lowest BCUT2D eigenvalue weighted by Crippen LogP contribution is -2.41. The van der Waals surface area contributed by atoms with Crippen LogP contribution in [0.1, 0.15) is 58.9 Å². The molecule has 1 saturated heterocycles. The summed E-state index contributed by atoms with van der Waals surface area (Å²) in [4.78, 5) is 8.22. The number of aromatic nitrogens is 2. The van der Waals surface area contributed by atoms with Crippen molar-refractivity contribution in [1.29, 1.82) is 0 Å². The molecule has 0 radical (unpaired) electrons. The molecule has 2 aliphatic rings. The minimum atomic E-state index is -2.29. The zero-order valence-electron chi connectivity index (χ0n) is 15.9. The van der Waals surface area contributed by atoms with Crippen molar-refractivity contribution in [2.24, 2.45) is 0 Å². The summed E-state index contributed by atoms with van der Waals surface area (Å²) in [5, 5.41) is 0. The molecule has 0 amide bonds. The summed E-state index contributed by atoms with van der Waals surface area (Å²) in [5.74, 6) is -2.04. The Morgan fingerprint density at radius 2 is 1.83 bits per heavy atom. The molecule has 3 rings (SSSR count). The van der Waals surface area contributed by atoms with Crippen LogP contribution in [0.15, 0.2) is 12.4 Å². The number of hydrogen-bond acceptors (Lipinski definition) is 4. The molecule has 0 spiro atoms. The van der Waals surface area contributed by atoms with Gasteiger partial charge in [-0.15, -0.1) is 0 Å². The molecule has 1 aromatic rings. The number of nitrogens with zero attached hydrogens (tertiary/aromatic N) is 2. The molecule has 0 bridgehead atoms. The highest BCUT2D eigenvalue weighted by Crippen LogP contribution is 2.38. The highest BCUT2D eigenvalue weighted by Gasteiger charge is 2.52. The molecule has 18 heavy (non-hydrogen) atoms. The van der Waals surface area contributed by atoms with Crippen molar-refractivity contribution in [3.8, 4) is 0 Å². The third-order valence-corrected chi connectivity index (χ3v) is 3.67. The summed E-state index contributed by atoms with van der Waals surface area (Å²) >= 11 is 0. The Bertz CT molecular complexity index is 620. The first kappa shape index (κ1) is 7.60. The molecule has 96 valence electrons. The van der Waals surface area contributed by atoms with E-state index in [0.717, 1.165) is 0 Å². The number of hydrogen-bond donors (Lipinski definition) is 0. The van der Waals surface area contributed by atoms with Crippen LogP contribution in [0.3, 0.4) is 0 Å². The summed E-state index contributed by atoms with van der Waals surface area (Å²) in [6.07, 6.45) is -1.99. The van der Waals surface area contributed by atoms with E-state index < -0.39 is 37.0 Å². The van der Waals surface area contributed by atoms with E-state index in [4.69, 9.17) is 16.2 Å². The van der Waals surface area contributed by atoms with Gasteiger partial charge in [-0.25, -0.2) is 0 Å². The molecular weight excluding hydrogens is 227 g/mol. The van der Waals surface area contributed by atoms with Crippen molar-refractivity contribution in [3.05, 3.63) is 18.1 Å². The third kappa shape index (κ3) is 1.95. The van der Waals surface area contributed by atoms with Gasteiger partial charge in [0.1, 0.15) is 0 Å². The van der Waals surface area contributed by atoms with Crippen LogP contribution < -0.4 is 5.59 Å². The fraction of sp³-hybridized carbons (Fsp3) is 0.692. The second-order valence-electron chi connectivity index (χ2n) is 5.54. The third-order valence-electron chi connectivity index (χ3n) is 3.67. The molecule has 1 saturated carbocycles. The Morgan fingerprint density at radius 3 is 2.28 bits per heavy atom.